The maximum absolute atomic E-state index is 12.7. The van der Waals surface area contributed by atoms with E-state index >= 15 is 0 Å². The highest BCUT2D eigenvalue weighted by Gasteiger charge is 2.17. The monoisotopic (exact) mass is 368 g/mol. The van der Waals surface area contributed by atoms with E-state index < -0.39 is 12.1 Å². The summed E-state index contributed by atoms with van der Waals surface area (Å²) in [5, 5.41) is 11.8. The Labute approximate surface area is 154 Å². The van der Waals surface area contributed by atoms with Gasteiger partial charge in [-0.25, -0.2) is 4.79 Å². The van der Waals surface area contributed by atoms with E-state index in [1.807, 2.05) is 6.92 Å². The van der Waals surface area contributed by atoms with Crippen LogP contribution in [-0.2, 0) is 7.05 Å². The van der Waals surface area contributed by atoms with Gasteiger partial charge in [0.25, 0.3) is 5.56 Å². The Kier molecular flexibility index (Phi) is 4.61. The minimum absolute atomic E-state index is 0.127. The van der Waals surface area contributed by atoms with Crippen LogP contribution in [0.15, 0.2) is 44.5 Å². The van der Waals surface area contributed by atoms with Gasteiger partial charge in [0.15, 0.2) is 5.43 Å². The lowest BCUT2D eigenvalue weighted by molar-refractivity contribution is 0.191. The second-order valence-corrected chi connectivity index (χ2v) is 6.70. The summed E-state index contributed by atoms with van der Waals surface area (Å²) in [5.74, 6) is 0.318. The number of aromatic nitrogens is 1. The molecule has 0 saturated carbocycles. The lowest BCUT2D eigenvalue weighted by atomic mass is 10.0. The van der Waals surface area contributed by atoms with Crippen molar-refractivity contribution < 1.29 is 14.3 Å². The first-order chi connectivity index (χ1) is 12.7. The van der Waals surface area contributed by atoms with E-state index in [4.69, 9.17) is 9.52 Å². The standard InChI is InChI=1S/C20H20N2O5/c1-10-5-14(12(3)21-20(25)26)18-15(6-10)16(23)8-17(27-18)13-7-11(2)19(24)22(4)9-13/h5-9,12,21H,1-4H3,(H,25,26)/t12-/m1/s1. The van der Waals surface area contributed by atoms with Gasteiger partial charge in [-0.15, -0.1) is 0 Å². The van der Waals surface area contributed by atoms with Crippen molar-refractivity contribution in [3.8, 4) is 11.3 Å². The van der Waals surface area contributed by atoms with E-state index in [-0.39, 0.29) is 11.0 Å². The fourth-order valence-electron chi connectivity index (χ4n) is 3.17. The number of fused-ring (bicyclic) bond motifs is 1. The zero-order chi connectivity index (χ0) is 19.9. The maximum Gasteiger partial charge on any atom is 0.405 e. The van der Waals surface area contributed by atoms with Gasteiger partial charge in [0, 0.05) is 36.0 Å². The zero-order valence-corrected chi connectivity index (χ0v) is 15.5. The van der Waals surface area contributed by atoms with E-state index in [0.29, 0.717) is 33.4 Å². The molecule has 0 aliphatic carbocycles. The van der Waals surface area contributed by atoms with Gasteiger partial charge in [0.05, 0.1) is 11.4 Å². The van der Waals surface area contributed by atoms with Crippen molar-refractivity contribution in [2.24, 2.45) is 7.05 Å². The van der Waals surface area contributed by atoms with E-state index in [0.717, 1.165) is 5.56 Å². The number of benzene rings is 1. The van der Waals surface area contributed by atoms with Crippen LogP contribution in [-0.4, -0.2) is 15.8 Å². The number of rotatable bonds is 3. The van der Waals surface area contributed by atoms with E-state index in [1.165, 1.54) is 10.6 Å². The number of pyridine rings is 1. The third kappa shape index (κ3) is 3.48. The molecule has 1 aromatic carbocycles. The van der Waals surface area contributed by atoms with Crippen LogP contribution < -0.4 is 16.3 Å². The summed E-state index contributed by atoms with van der Waals surface area (Å²) in [4.78, 5) is 35.6. The van der Waals surface area contributed by atoms with Crippen LogP contribution in [0.1, 0.15) is 29.7 Å². The molecule has 2 N–H and O–H groups in total. The van der Waals surface area contributed by atoms with Gasteiger partial charge in [0.1, 0.15) is 11.3 Å². The van der Waals surface area contributed by atoms with Crippen LogP contribution in [0.2, 0.25) is 0 Å². The molecule has 7 nitrogen and oxygen atoms in total. The molecular weight excluding hydrogens is 348 g/mol. The lowest BCUT2D eigenvalue weighted by Gasteiger charge is -2.15. The predicted molar refractivity (Wildman–Crippen MR) is 102 cm³/mol. The Morgan fingerprint density at radius 3 is 2.52 bits per heavy atom. The molecule has 0 fully saturated rings. The fraction of sp³-hybridized carbons (Fsp3) is 0.250. The quantitative estimate of drug-likeness (QED) is 0.740. The highest BCUT2D eigenvalue weighted by Crippen LogP contribution is 2.28. The number of amides is 1. The predicted octanol–water partition coefficient (Wildman–Crippen LogP) is 3.10. The number of carboxylic acid groups (broad SMARTS) is 1. The van der Waals surface area contributed by atoms with E-state index in [2.05, 4.69) is 5.32 Å². The molecule has 0 aliphatic heterocycles. The normalized spacial score (nSPS) is 12.1. The zero-order valence-electron chi connectivity index (χ0n) is 15.5. The van der Waals surface area contributed by atoms with Crippen molar-refractivity contribution in [1.82, 2.24) is 9.88 Å². The van der Waals surface area contributed by atoms with Crippen molar-refractivity contribution in [1.29, 1.82) is 0 Å². The first-order valence-corrected chi connectivity index (χ1v) is 8.43. The Bertz CT molecular complexity index is 1150. The SMILES string of the molecule is Cc1cc([C@@H](C)NC(=O)O)c2oc(-c3cc(C)c(=O)n(C)c3)cc(=O)c2c1. The number of hydrogen-bond acceptors (Lipinski definition) is 4. The van der Waals surface area contributed by atoms with Crippen molar-refractivity contribution in [2.75, 3.05) is 0 Å². The fourth-order valence-corrected chi connectivity index (χ4v) is 3.17. The molecule has 0 radical (unpaired) electrons. The molecule has 0 aliphatic rings. The number of nitrogens with zero attached hydrogens (tertiary/aromatic N) is 1. The molecule has 1 amide bonds. The molecule has 0 unspecified atom stereocenters. The Morgan fingerprint density at radius 1 is 1.19 bits per heavy atom. The molecule has 140 valence electrons. The van der Waals surface area contributed by atoms with Gasteiger partial charge in [-0.2, -0.15) is 0 Å². The maximum atomic E-state index is 12.7. The highest BCUT2D eigenvalue weighted by molar-refractivity contribution is 5.83. The summed E-state index contributed by atoms with van der Waals surface area (Å²) < 4.78 is 7.45. The topological polar surface area (TPSA) is 102 Å². The van der Waals surface area contributed by atoms with Crippen LogP contribution in [0, 0.1) is 13.8 Å². The molecule has 1 atom stereocenters. The second-order valence-electron chi connectivity index (χ2n) is 6.70. The third-order valence-electron chi connectivity index (χ3n) is 4.46. The first kappa shape index (κ1) is 18.4. The summed E-state index contributed by atoms with van der Waals surface area (Å²) in [7, 11) is 1.63. The van der Waals surface area contributed by atoms with Gasteiger partial charge in [-0.3, -0.25) is 9.59 Å². The van der Waals surface area contributed by atoms with Crippen LogP contribution >= 0.6 is 0 Å². The summed E-state index contributed by atoms with van der Waals surface area (Å²) in [6.45, 7) is 5.21. The average Bonchev–Trinajstić information content (AvgIpc) is 2.58. The van der Waals surface area contributed by atoms with Crippen LogP contribution in [0.25, 0.3) is 22.3 Å². The lowest BCUT2D eigenvalue weighted by Crippen LogP contribution is -2.25. The second kappa shape index (κ2) is 6.75. The molecule has 27 heavy (non-hydrogen) atoms. The number of nitrogens with one attached hydrogen (secondary N) is 1. The van der Waals surface area contributed by atoms with Gasteiger partial charge in [-0.1, -0.05) is 6.07 Å². The third-order valence-corrected chi connectivity index (χ3v) is 4.46. The van der Waals surface area contributed by atoms with Crippen molar-refractivity contribution in [3.63, 3.8) is 0 Å². The van der Waals surface area contributed by atoms with Gasteiger partial charge >= 0.3 is 6.09 Å². The van der Waals surface area contributed by atoms with Crippen molar-refractivity contribution in [3.05, 3.63) is 67.7 Å². The number of aryl methyl sites for hydroxylation is 3. The summed E-state index contributed by atoms with van der Waals surface area (Å²) >= 11 is 0. The van der Waals surface area contributed by atoms with E-state index in [1.54, 1.807) is 45.3 Å². The average molecular weight is 368 g/mol. The molecule has 2 aromatic heterocycles. The van der Waals surface area contributed by atoms with Crippen LogP contribution in [0.5, 0.6) is 0 Å². The number of hydrogen-bond donors (Lipinski definition) is 2. The molecular formula is C20H20N2O5. The van der Waals surface area contributed by atoms with E-state index in [9.17, 15) is 14.4 Å². The summed E-state index contributed by atoms with van der Waals surface area (Å²) in [5.41, 5.74) is 2.50. The first-order valence-electron chi connectivity index (χ1n) is 8.43. The largest absolute Gasteiger partial charge is 0.465 e. The summed E-state index contributed by atoms with van der Waals surface area (Å²) in [6.07, 6.45) is 0.441. The van der Waals surface area contributed by atoms with Crippen LogP contribution in [0.4, 0.5) is 4.79 Å². The molecule has 7 heteroatoms. The van der Waals surface area contributed by atoms with Gasteiger partial charge < -0.3 is 19.4 Å². The number of carbonyl (C=O) groups is 1. The molecule has 3 aromatic rings. The van der Waals surface area contributed by atoms with Crippen molar-refractivity contribution >= 4 is 17.1 Å². The molecule has 0 bridgehead atoms. The van der Waals surface area contributed by atoms with Gasteiger partial charge in [0.2, 0.25) is 0 Å². The molecule has 0 saturated heterocycles. The van der Waals surface area contributed by atoms with Crippen LogP contribution in [0.3, 0.4) is 0 Å². The molecule has 3 rings (SSSR count). The Hall–Kier alpha value is -3.35. The molecule has 2 heterocycles. The minimum Gasteiger partial charge on any atom is -0.465 e. The van der Waals surface area contributed by atoms with Crippen molar-refractivity contribution in [2.45, 2.75) is 26.8 Å². The smallest absolute Gasteiger partial charge is 0.405 e. The Morgan fingerprint density at radius 2 is 1.89 bits per heavy atom. The van der Waals surface area contributed by atoms with Gasteiger partial charge in [-0.05, 0) is 38.5 Å². The summed E-state index contributed by atoms with van der Waals surface area (Å²) in [6, 6.07) is 6.00. The highest BCUT2D eigenvalue weighted by atomic mass is 16.4. The Balaban J connectivity index is 2.29. The molecule has 0 spiro atoms. The minimum atomic E-state index is -1.16.